The summed E-state index contributed by atoms with van der Waals surface area (Å²) in [5.41, 5.74) is 6.51. The highest BCUT2D eigenvalue weighted by Crippen LogP contribution is 2.41. The molecule has 7 nitrogen and oxygen atoms in total. The van der Waals surface area contributed by atoms with Crippen molar-refractivity contribution in [1.29, 1.82) is 5.26 Å². The van der Waals surface area contributed by atoms with E-state index in [1.807, 2.05) is 29.1 Å². The first-order chi connectivity index (χ1) is 17.6. The van der Waals surface area contributed by atoms with Crippen molar-refractivity contribution >= 4 is 17.1 Å². The van der Waals surface area contributed by atoms with Crippen molar-refractivity contribution in [2.75, 3.05) is 6.61 Å². The van der Waals surface area contributed by atoms with Gasteiger partial charge in [-0.2, -0.15) is 5.26 Å². The fourth-order valence-corrected chi connectivity index (χ4v) is 5.09. The molecule has 0 fully saturated rings. The van der Waals surface area contributed by atoms with E-state index in [1.54, 1.807) is 13.3 Å². The lowest BCUT2D eigenvalue weighted by Gasteiger charge is -2.17. The van der Waals surface area contributed by atoms with Gasteiger partial charge in [-0.25, -0.2) is 15.0 Å². The number of esters is 1. The molecule has 2 aromatic carbocycles. The Morgan fingerprint density at radius 3 is 2.61 bits per heavy atom. The molecule has 2 heterocycles. The summed E-state index contributed by atoms with van der Waals surface area (Å²) in [6.45, 7) is 4.87. The van der Waals surface area contributed by atoms with Crippen molar-refractivity contribution in [3.8, 4) is 17.3 Å². The molecule has 5 rings (SSSR count). The zero-order valence-corrected chi connectivity index (χ0v) is 20.7. The van der Waals surface area contributed by atoms with E-state index in [9.17, 15) is 10.1 Å². The van der Waals surface area contributed by atoms with Gasteiger partial charge in [0.15, 0.2) is 11.1 Å². The predicted molar refractivity (Wildman–Crippen MR) is 137 cm³/mol. The summed E-state index contributed by atoms with van der Waals surface area (Å²) in [6, 6.07) is 16.8. The number of carbonyl (C=O) groups is 1. The molecule has 1 atom stereocenters. The predicted octanol–water partition coefficient (Wildman–Crippen LogP) is 5.06. The zero-order chi connectivity index (χ0) is 25.1. The number of nitrogens with zero attached hydrogens (tertiary/aromatic N) is 5. The van der Waals surface area contributed by atoms with Crippen LogP contribution in [0.25, 0.3) is 22.4 Å². The first-order valence-corrected chi connectivity index (χ1v) is 12.5. The Morgan fingerprint density at radius 2 is 1.89 bits per heavy atom. The average Bonchev–Trinajstić information content (AvgIpc) is 3.49. The number of benzene rings is 2. The number of nitriles is 1. The number of fused-ring (bicyclic) bond motifs is 2. The van der Waals surface area contributed by atoms with Crippen molar-refractivity contribution in [2.45, 2.75) is 52.5 Å². The lowest BCUT2D eigenvalue weighted by Crippen LogP contribution is -2.32. The Bertz CT molecular complexity index is 1450. The van der Waals surface area contributed by atoms with Gasteiger partial charge in [-0.05, 0) is 48.1 Å². The lowest BCUT2D eigenvalue weighted by atomic mass is 9.86. The van der Waals surface area contributed by atoms with E-state index < -0.39 is 11.4 Å². The maximum atomic E-state index is 12.7. The quantitative estimate of drug-likeness (QED) is 0.328. The molecule has 0 saturated heterocycles. The molecule has 0 spiro atoms. The summed E-state index contributed by atoms with van der Waals surface area (Å²) in [6.07, 6.45) is 7.11. The Labute approximate surface area is 210 Å². The fourth-order valence-electron chi connectivity index (χ4n) is 5.09. The van der Waals surface area contributed by atoms with Crippen molar-refractivity contribution in [2.24, 2.45) is 5.41 Å². The Hall–Kier alpha value is -4.05. The number of imidazole rings is 1. The molecule has 0 bridgehead atoms. The Kier molecular flexibility index (Phi) is 6.51. The molecular formula is C29H29N5O2. The van der Waals surface area contributed by atoms with E-state index >= 15 is 0 Å². The molecule has 0 saturated carbocycles. The first kappa shape index (κ1) is 23.7. The topological polar surface area (TPSA) is 93.7 Å². The molecule has 1 aliphatic rings. The minimum atomic E-state index is -1.17. The number of hydrogen-bond acceptors (Lipinski definition) is 6. The minimum absolute atomic E-state index is 0.260. The molecule has 4 aromatic rings. The van der Waals surface area contributed by atoms with E-state index in [4.69, 9.17) is 9.72 Å². The van der Waals surface area contributed by atoms with Crippen LogP contribution in [0.15, 0.2) is 55.1 Å². The second-order valence-corrected chi connectivity index (χ2v) is 9.40. The molecule has 0 N–H and O–H groups in total. The number of hydrogen-bond donors (Lipinski definition) is 0. The van der Waals surface area contributed by atoms with E-state index in [0.717, 1.165) is 58.4 Å². The van der Waals surface area contributed by atoms with Crippen LogP contribution in [0.5, 0.6) is 0 Å². The highest BCUT2D eigenvalue weighted by molar-refractivity contribution is 5.89. The monoisotopic (exact) mass is 479 g/mol. The number of rotatable bonds is 8. The number of aryl methyl sites for hydroxylation is 1. The van der Waals surface area contributed by atoms with Gasteiger partial charge >= 0.3 is 5.97 Å². The summed E-state index contributed by atoms with van der Waals surface area (Å²) in [5, 5.41) is 9.96. The zero-order valence-electron chi connectivity index (χ0n) is 20.7. The third-order valence-corrected chi connectivity index (χ3v) is 6.94. The maximum absolute atomic E-state index is 12.7. The van der Waals surface area contributed by atoms with Gasteiger partial charge in [0.25, 0.3) is 0 Å². The molecule has 0 amide bonds. The minimum Gasteiger partial charge on any atom is -0.465 e. The number of ether oxygens (including phenoxy) is 1. The fraction of sp³-hybridized carbons (Fsp3) is 0.345. The Morgan fingerprint density at radius 1 is 1.11 bits per heavy atom. The summed E-state index contributed by atoms with van der Waals surface area (Å²) < 4.78 is 7.31. The van der Waals surface area contributed by atoms with E-state index in [-0.39, 0.29) is 6.61 Å². The highest BCUT2D eigenvalue weighted by atomic mass is 16.5. The average molecular weight is 480 g/mol. The summed E-state index contributed by atoms with van der Waals surface area (Å²) in [5.74, 6) is -0.440. The molecule has 182 valence electrons. The molecule has 36 heavy (non-hydrogen) atoms. The molecule has 1 aliphatic carbocycles. The second-order valence-electron chi connectivity index (χ2n) is 9.40. The van der Waals surface area contributed by atoms with Gasteiger partial charge in [0.2, 0.25) is 0 Å². The summed E-state index contributed by atoms with van der Waals surface area (Å²) in [4.78, 5) is 26.7. The van der Waals surface area contributed by atoms with Gasteiger partial charge in [-0.3, -0.25) is 4.79 Å². The van der Waals surface area contributed by atoms with Crippen LogP contribution in [0.1, 0.15) is 48.9 Å². The molecule has 1 unspecified atom stereocenters. The van der Waals surface area contributed by atoms with Gasteiger partial charge in [0.1, 0.15) is 17.5 Å². The first-order valence-electron chi connectivity index (χ1n) is 12.5. The SMILES string of the molecule is CCCCc1cc2c(cc1-c1ncnc3c1ncn3Cc1ccccc1)CC(C#N)(C(=O)OCC)C2. The number of unbranched alkanes of at least 4 members (excludes halogenated alkanes) is 1. The normalized spacial score (nSPS) is 16.6. The van der Waals surface area contributed by atoms with E-state index in [1.165, 1.54) is 5.56 Å². The van der Waals surface area contributed by atoms with Crippen molar-refractivity contribution in [3.63, 3.8) is 0 Å². The number of aromatic nitrogens is 4. The third kappa shape index (κ3) is 4.24. The second kappa shape index (κ2) is 9.90. The van der Waals surface area contributed by atoms with Gasteiger partial charge in [-0.15, -0.1) is 0 Å². The largest absolute Gasteiger partial charge is 0.465 e. The maximum Gasteiger partial charge on any atom is 0.327 e. The van der Waals surface area contributed by atoms with Crippen LogP contribution in [0.2, 0.25) is 0 Å². The smallest absolute Gasteiger partial charge is 0.327 e. The van der Waals surface area contributed by atoms with Gasteiger partial charge < -0.3 is 9.30 Å². The summed E-state index contributed by atoms with van der Waals surface area (Å²) in [7, 11) is 0. The molecule has 2 aromatic heterocycles. The van der Waals surface area contributed by atoms with Crippen LogP contribution in [-0.4, -0.2) is 32.1 Å². The van der Waals surface area contributed by atoms with Gasteiger partial charge in [0, 0.05) is 18.4 Å². The van der Waals surface area contributed by atoms with Crippen LogP contribution in [0.3, 0.4) is 0 Å². The molecular weight excluding hydrogens is 450 g/mol. The van der Waals surface area contributed by atoms with E-state index in [2.05, 4.69) is 47.2 Å². The van der Waals surface area contributed by atoms with Crippen molar-refractivity contribution < 1.29 is 9.53 Å². The Balaban J connectivity index is 1.58. The van der Waals surface area contributed by atoms with Crippen molar-refractivity contribution in [1.82, 2.24) is 19.5 Å². The van der Waals surface area contributed by atoms with Crippen LogP contribution in [0, 0.1) is 16.7 Å². The van der Waals surface area contributed by atoms with Gasteiger partial charge in [0.05, 0.1) is 25.5 Å². The van der Waals surface area contributed by atoms with Gasteiger partial charge in [-0.1, -0.05) is 49.7 Å². The molecule has 0 radical (unpaired) electrons. The molecule has 7 heteroatoms. The summed E-state index contributed by atoms with van der Waals surface area (Å²) >= 11 is 0. The van der Waals surface area contributed by atoms with Crippen LogP contribution >= 0.6 is 0 Å². The molecule has 0 aliphatic heterocycles. The number of carbonyl (C=O) groups excluding carboxylic acids is 1. The van der Waals surface area contributed by atoms with Crippen molar-refractivity contribution in [3.05, 3.63) is 77.4 Å². The lowest BCUT2D eigenvalue weighted by molar-refractivity contribution is -0.151. The van der Waals surface area contributed by atoms with E-state index in [0.29, 0.717) is 19.4 Å². The van der Waals surface area contributed by atoms with Crippen LogP contribution < -0.4 is 0 Å². The third-order valence-electron chi connectivity index (χ3n) is 6.94. The van der Waals surface area contributed by atoms with Crippen LogP contribution in [0.4, 0.5) is 0 Å². The highest BCUT2D eigenvalue weighted by Gasteiger charge is 2.46. The van der Waals surface area contributed by atoms with Crippen LogP contribution in [-0.2, 0) is 35.3 Å². The standard InChI is InChI=1S/C29H29N5O2/c1-3-5-11-21-12-22-14-29(17-30,28(35)36-4-2)15-23(22)13-24(21)25-26-27(32-18-31-25)34(19-33-26)16-20-9-7-6-8-10-20/h6-10,12-13,18-19H,3-5,11,14-16H2,1-2H3.